The Hall–Kier alpha value is -2.85. The maximum atomic E-state index is 14.1. The number of sulfone groups is 1. The summed E-state index contributed by atoms with van der Waals surface area (Å²) >= 11 is 5.87. The van der Waals surface area contributed by atoms with Crippen LogP contribution in [0.25, 0.3) is 5.69 Å². The van der Waals surface area contributed by atoms with Gasteiger partial charge in [-0.2, -0.15) is 4.68 Å². The molecule has 1 amide bonds. The molecule has 0 saturated heterocycles. The normalized spacial score (nSPS) is 11.4. The molecule has 2 aromatic carbocycles. The highest BCUT2D eigenvalue weighted by molar-refractivity contribution is 7.90. The van der Waals surface area contributed by atoms with Crippen LogP contribution in [0.1, 0.15) is 16.2 Å². The molecular formula is C16H13ClFN5O3S. The summed E-state index contributed by atoms with van der Waals surface area (Å²) in [5, 5.41) is 13.4. The van der Waals surface area contributed by atoms with Crippen molar-refractivity contribution in [3.63, 3.8) is 0 Å². The van der Waals surface area contributed by atoms with Crippen LogP contribution in [-0.4, -0.2) is 40.8 Å². The van der Waals surface area contributed by atoms with Gasteiger partial charge in [0.25, 0.3) is 5.91 Å². The number of aryl methyl sites for hydroxylation is 1. The van der Waals surface area contributed by atoms with Crippen molar-refractivity contribution in [2.75, 3.05) is 11.6 Å². The molecule has 27 heavy (non-hydrogen) atoms. The first kappa shape index (κ1) is 18.9. The van der Waals surface area contributed by atoms with E-state index in [2.05, 4.69) is 20.8 Å². The van der Waals surface area contributed by atoms with Crippen molar-refractivity contribution in [2.45, 2.75) is 11.8 Å². The lowest BCUT2D eigenvalue weighted by atomic mass is 10.2. The second-order valence-corrected chi connectivity index (χ2v) is 8.06. The number of hydrogen-bond donors (Lipinski definition) is 1. The molecule has 3 aromatic rings. The van der Waals surface area contributed by atoms with Crippen LogP contribution in [0.3, 0.4) is 0 Å². The highest BCUT2D eigenvalue weighted by atomic mass is 35.5. The number of aromatic nitrogens is 4. The molecular weight excluding hydrogens is 397 g/mol. The molecule has 3 rings (SSSR count). The van der Waals surface area contributed by atoms with Gasteiger partial charge in [0.2, 0.25) is 0 Å². The minimum absolute atomic E-state index is 0.00335. The highest BCUT2D eigenvalue weighted by Crippen LogP contribution is 2.24. The van der Waals surface area contributed by atoms with Crippen molar-refractivity contribution >= 4 is 33.0 Å². The molecule has 1 heterocycles. The van der Waals surface area contributed by atoms with Crippen LogP contribution in [0, 0.1) is 12.7 Å². The fraction of sp³-hybridized carbons (Fsp3) is 0.125. The molecule has 0 aliphatic carbocycles. The number of amides is 1. The zero-order chi connectivity index (χ0) is 19.8. The van der Waals surface area contributed by atoms with Crippen LogP contribution >= 0.6 is 11.6 Å². The molecule has 0 aliphatic heterocycles. The number of halogens is 2. The molecule has 0 radical (unpaired) electrons. The summed E-state index contributed by atoms with van der Waals surface area (Å²) in [7, 11) is -3.62. The summed E-state index contributed by atoms with van der Waals surface area (Å²) in [5.41, 5.74) is 0.355. The van der Waals surface area contributed by atoms with E-state index in [1.54, 1.807) is 6.92 Å². The van der Waals surface area contributed by atoms with E-state index in [1.807, 2.05) is 0 Å². The molecule has 1 N–H and O–H groups in total. The van der Waals surface area contributed by atoms with Crippen LogP contribution in [-0.2, 0) is 9.84 Å². The summed E-state index contributed by atoms with van der Waals surface area (Å²) in [6.45, 7) is 1.67. The number of benzene rings is 2. The van der Waals surface area contributed by atoms with Gasteiger partial charge in [0.15, 0.2) is 15.7 Å². The van der Waals surface area contributed by atoms with Crippen LogP contribution < -0.4 is 5.32 Å². The maximum absolute atomic E-state index is 14.1. The lowest BCUT2D eigenvalue weighted by Crippen LogP contribution is -2.14. The van der Waals surface area contributed by atoms with Gasteiger partial charge in [-0.25, -0.2) is 12.8 Å². The largest absolute Gasteiger partial charge is 0.319 e. The first-order valence-corrected chi connectivity index (χ1v) is 9.79. The number of tetrazole rings is 1. The van der Waals surface area contributed by atoms with Gasteiger partial charge in [-0.1, -0.05) is 11.6 Å². The zero-order valence-electron chi connectivity index (χ0n) is 14.1. The molecule has 140 valence electrons. The molecule has 1 aromatic heterocycles. The van der Waals surface area contributed by atoms with E-state index in [4.69, 9.17) is 11.6 Å². The summed E-state index contributed by atoms with van der Waals surface area (Å²) < 4.78 is 39.0. The molecule has 0 atom stereocenters. The first-order chi connectivity index (χ1) is 12.7. The van der Waals surface area contributed by atoms with Crippen molar-refractivity contribution in [1.29, 1.82) is 0 Å². The topological polar surface area (TPSA) is 107 Å². The van der Waals surface area contributed by atoms with Crippen molar-refractivity contribution < 1.29 is 17.6 Å². The zero-order valence-corrected chi connectivity index (χ0v) is 15.7. The Kier molecular flexibility index (Phi) is 4.94. The van der Waals surface area contributed by atoms with Crippen LogP contribution in [0.15, 0.2) is 41.3 Å². The molecule has 0 fully saturated rings. The van der Waals surface area contributed by atoms with Crippen LogP contribution in [0.5, 0.6) is 0 Å². The Bertz CT molecular complexity index is 1150. The van der Waals surface area contributed by atoms with Crippen molar-refractivity contribution in [1.82, 2.24) is 20.2 Å². The summed E-state index contributed by atoms with van der Waals surface area (Å²) in [6.07, 6.45) is 0.980. The van der Waals surface area contributed by atoms with Gasteiger partial charge in [-0.3, -0.25) is 4.79 Å². The average Bonchev–Trinajstić information content (AvgIpc) is 3.02. The third-order valence-electron chi connectivity index (χ3n) is 3.66. The Balaban J connectivity index is 1.94. The summed E-state index contributed by atoms with van der Waals surface area (Å²) in [5.74, 6) is -0.884. The fourth-order valence-electron chi connectivity index (χ4n) is 2.33. The van der Waals surface area contributed by atoms with Crippen molar-refractivity contribution in [3.05, 3.63) is 58.6 Å². The number of carbonyl (C=O) groups is 1. The molecule has 0 aliphatic rings. The molecule has 11 heteroatoms. The molecule has 0 spiro atoms. The van der Waals surface area contributed by atoms with Crippen LogP contribution in [0.2, 0.25) is 5.02 Å². The standard InChI is InChI=1S/C16H13ClFN5O3S/c1-9-20-21-22-23(9)11-4-6-13(18)14(8-11)19-16(24)10-3-5-12(17)15(7-10)27(2,25)26/h3-8H,1-2H3,(H,19,24). The number of nitrogens with zero attached hydrogens (tertiary/aromatic N) is 4. The van der Waals surface area contributed by atoms with E-state index >= 15 is 0 Å². The van der Waals surface area contributed by atoms with Crippen molar-refractivity contribution in [3.8, 4) is 5.69 Å². The molecule has 0 saturated carbocycles. The van der Waals surface area contributed by atoms with Crippen molar-refractivity contribution in [2.24, 2.45) is 0 Å². The van der Waals surface area contributed by atoms with Gasteiger partial charge in [0, 0.05) is 11.8 Å². The Morgan fingerprint density at radius 1 is 1.22 bits per heavy atom. The van der Waals surface area contributed by atoms with Gasteiger partial charge in [0.1, 0.15) is 5.82 Å². The van der Waals surface area contributed by atoms with E-state index in [0.717, 1.165) is 18.4 Å². The third-order valence-corrected chi connectivity index (χ3v) is 5.24. The predicted molar refractivity (Wildman–Crippen MR) is 96.4 cm³/mol. The summed E-state index contributed by atoms with van der Waals surface area (Å²) in [4.78, 5) is 12.3. The van der Waals surface area contributed by atoms with Gasteiger partial charge >= 0.3 is 0 Å². The lowest BCUT2D eigenvalue weighted by Gasteiger charge is -2.10. The van der Waals surface area contributed by atoms with E-state index in [1.165, 1.54) is 28.9 Å². The monoisotopic (exact) mass is 409 g/mol. The Morgan fingerprint density at radius 2 is 1.96 bits per heavy atom. The van der Waals surface area contributed by atoms with Crippen LogP contribution in [0.4, 0.5) is 10.1 Å². The molecule has 8 nitrogen and oxygen atoms in total. The second-order valence-electron chi connectivity index (χ2n) is 5.67. The average molecular weight is 410 g/mol. The lowest BCUT2D eigenvalue weighted by molar-refractivity contribution is 0.102. The highest BCUT2D eigenvalue weighted by Gasteiger charge is 2.17. The SMILES string of the molecule is Cc1nnnn1-c1ccc(F)c(NC(=O)c2ccc(Cl)c(S(C)(=O)=O)c2)c1. The summed E-state index contributed by atoms with van der Waals surface area (Å²) in [6, 6.07) is 7.77. The number of hydrogen-bond acceptors (Lipinski definition) is 6. The fourth-order valence-corrected chi connectivity index (χ4v) is 3.64. The van der Waals surface area contributed by atoms with E-state index in [-0.39, 0.29) is 21.2 Å². The predicted octanol–water partition coefficient (Wildman–Crippen LogP) is 2.42. The Morgan fingerprint density at radius 3 is 2.59 bits per heavy atom. The smallest absolute Gasteiger partial charge is 0.255 e. The number of rotatable bonds is 4. The number of carbonyl (C=O) groups excluding carboxylic acids is 1. The number of anilines is 1. The van der Waals surface area contributed by atoms with Gasteiger partial charge in [-0.15, -0.1) is 5.10 Å². The Labute approximate surface area is 158 Å². The maximum Gasteiger partial charge on any atom is 0.255 e. The van der Waals surface area contributed by atoms with E-state index in [9.17, 15) is 17.6 Å². The third kappa shape index (κ3) is 3.96. The van der Waals surface area contributed by atoms with E-state index < -0.39 is 21.6 Å². The molecule has 0 bridgehead atoms. The van der Waals surface area contributed by atoms with Gasteiger partial charge < -0.3 is 5.32 Å². The quantitative estimate of drug-likeness (QED) is 0.709. The van der Waals surface area contributed by atoms with Gasteiger partial charge in [0.05, 0.1) is 21.3 Å². The second kappa shape index (κ2) is 7.05. The first-order valence-electron chi connectivity index (χ1n) is 7.52. The number of nitrogens with one attached hydrogen (secondary N) is 1. The molecule has 0 unspecified atom stereocenters. The minimum Gasteiger partial charge on any atom is -0.319 e. The minimum atomic E-state index is -3.62. The van der Waals surface area contributed by atoms with E-state index in [0.29, 0.717) is 11.5 Å². The van der Waals surface area contributed by atoms with Gasteiger partial charge in [-0.05, 0) is 53.7 Å².